The monoisotopic (exact) mass is 311 g/mol. The molecule has 0 unspecified atom stereocenters. The first-order valence-electron chi connectivity index (χ1n) is 5.05. The van der Waals surface area contributed by atoms with Crippen LogP contribution in [0.25, 0.3) is 0 Å². The number of nitrogens with two attached hydrogens (primary N) is 1. The topological polar surface area (TPSA) is 50.9 Å². The Kier molecular flexibility index (Phi) is 3.86. The molecule has 0 amide bonds. The van der Waals surface area contributed by atoms with Crippen molar-refractivity contribution in [3.8, 4) is 0 Å². The maximum atomic E-state index is 5.81. The van der Waals surface area contributed by atoms with Crippen LogP contribution in [0, 0.1) is 0 Å². The Bertz CT molecular complexity index is 531. The molecule has 0 aliphatic heterocycles. The Balaban J connectivity index is 2.09. The molecule has 88 valence electrons. The van der Waals surface area contributed by atoms with E-state index in [9.17, 15) is 0 Å². The van der Waals surface area contributed by atoms with E-state index in [4.69, 9.17) is 17.3 Å². The summed E-state index contributed by atoms with van der Waals surface area (Å²) in [6.45, 7) is 0.650. The van der Waals surface area contributed by atoms with Crippen molar-refractivity contribution in [3.05, 3.63) is 51.6 Å². The smallest absolute Gasteiger partial charge is 0.151 e. The summed E-state index contributed by atoms with van der Waals surface area (Å²) in [5.41, 5.74) is 7.52. The molecule has 1 aromatic carbocycles. The second-order valence-corrected chi connectivity index (χ2v) is 4.86. The lowest BCUT2D eigenvalue weighted by Gasteiger charge is -2.08. The SMILES string of the molecule is Nc1ccc(Cl)nc1NCc1cccc(Br)c1. The lowest BCUT2D eigenvalue weighted by Crippen LogP contribution is -2.04. The summed E-state index contributed by atoms with van der Waals surface area (Å²) in [4.78, 5) is 4.13. The van der Waals surface area contributed by atoms with E-state index >= 15 is 0 Å². The Hall–Kier alpha value is -1.26. The first kappa shape index (κ1) is 12.2. The molecule has 3 nitrogen and oxygen atoms in total. The van der Waals surface area contributed by atoms with Gasteiger partial charge in [-0.25, -0.2) is 4.98 Å². The van der Waals surface area contributed by atoms with Crippen LogP contribution in [0.1, 0.15) is 5.56 Å². The van der Waals surface area contributed by atoms with E-state index in [0.29, 0.717) is 23.2 Å². The van der Waals surface area contributed by atoms with Crippen molar-refractivity contribution < 1.29 is 0 Å². The Morgan fingerprint density at radius 2 is 2.12 bits per heavy atom. The molecule has 5 heteroatoms. The van der Waals surface area contributed by atoms with Crippen molar-refractivity contribution in [1.82, 2.24) is 4.98 Å². The lowest BCUT2D eigenvalue weighted by molar-refractivity contribution is 1.11. The van der Waals surface area contributed by atoms with Crippen molar-refractivity contribution >= 4 is 39.0 Å². The summed E-state index contributed by atoms with van der Waals surface area (Å²) < 4.78 is 1.05. The van der Waals surface area contributed by atoms with E-state index in [1.165, 1.54) is 0 Å². The number of hydrogen-bond donors (Lipinski definition) is 2. The molecule has 0 aliphatic rings. The molecule has 3 N–H and O–H groups in total. The van der Waals surface area contributed by atoms with Crippen LogP contribution in [0.2, 0.25) is 5.15 Å². The highest BCUT2D eigenvalue weighted by Crippen LogP contribution is 2.19. The van der Waals surface area contributed by atoms with Gasteiger partial charge >= 0.3 is 0 Å². The highest BCUT2D eigenvalue weighted by molar-refractivity contribution is 9.10. The van der Waals surface area contributed by atoms with Crippen molar-refractivity contribution in [2.24, 2.45) is 0 Å². The third-order valence-corrected chi connectivity index (χ3v) is 2.95. The zero-order chi connectivity index (χ0) is 12.3. The molecular weight excluding hydrogens is 302 g/mol. The first-order valence-corrected chi connectivity index (χ1v) is 6.22. The maximum Gasteiger partial charge on any atom is 0.151 e. The summed E-state index contributed by atoms with van der Waals surface area (Å²) in [5, 5.41) is 3.58. The molecule has 2 aromatic rings. The van der Waals surface area contributed by atoms with Gasteiger partial charge in [-0.3, -0.25) is 0 Å². The van der Waals surface area contributed by atoms with Gasteiger partial charge < -0.3 is 11.1 Å². The highest BCUT2D eigenvalue weighted by Gasteiger charge is 2.01. The van der Waals surface area contributed by atoms with Gasteiger partial charge in [-0.05, 0) is 29.8 Å². The van der Waals surface area contributed by atoms with E-state index in [1.54, 1.807) is 12.1 Å². The van der Waals surface area contributed by atoms with Gasteiger partial charge in [-0.2, -0.15) is 0 Å². The second kappa shape index (κ2) is 5.38. The molecule has 2 rings (SSSR count). The molecule has 1 heterocycles. The molecule has 0 spiro atoms. The van der Waals surface area contributed by atoms with Gasteiger partial charge in [-0.1, -0.05) is 39.7 Å². The molecule has 0 fully saturated rings. The van der Waals surface area contributed by atoms with Crippen LogP contribution in [-0.4, -0.2) is 4.98 Å². The number of aromatic nitrogens is 1. The molecule has 0 radical (unpaired) electrons. The molecule has 17 heavy (non-hydrogen) atoms. The van der Waals surface area contributed by atoms with E-state index in [1.807, 2.05) is 24.3 Å². The zero-order valence-electron chi connectivity index (χ0n) is 8.95. The zero-order valence-corrected chi connectivity index (χ0v) is 11.3. The number of hydrogen-bond acceptors (Lipinski definition) is 3. The average molecular weight is 313 g/mol. The van der Waals surface area contributed by atoms with Crippen molar-refractivity contribution in [2.45, 2.75) is 6.54 Å². The number of halogens is 2. The molecule has 0 aliphatic carbocycles. The quantitative estimate of drug-likeness (QED) is 0.850. The Morgan fingerprint density at radius 3 is 2.88 bits per heavy atom. The van der Waals surface area contributed by atoms with E-state index in [2.05, 4.69) is 26.2 Å². The summed E-state index contributed by atoms with van der Waals surface area (Å²) in [5.74, 6) is 0.609. The van der Waals surface area contributed by atoms with Crippen molar-refractivity contribution in [1.29, 1.82) is 0 Å². The van der Waals surface area contributed by atoms with E-state index < -0.39 is 0 Å². The van der Waals surface area contributed by atoms with Crippen LogP contribution in [0.15, 0.2) is 40.9 Å². The predicted octanol–water partition coefficient (Wildman–Crippen LogP) is 3.69. The van der Waals surface area contributed by atoms with Gasteiger partial charge in [-0.15, -0.1) is 0 Å². The standard InChI is InChI=1S/C12H11BrClN3/c13-9-3-1-2-8(6-9)7-16-12-10(15)4-5-11(14)17-12/h1-6H,7,15H2,(H,16,17). The summed E-state index contributed by atoms with van der Waals surface area (Å²) >= 11 is 9.23. The Labute approximate surface area is 113 Å². The van der Waals surface area contributed by atoms with Gasteiger partial charge in [0, 0.05) is 11.0 Å². The molecule has 1 aromatic heterocycles. The first-order chi connectivity index (χ1) is 8.15. The lowest BCUT2D eigenvalue weighted by atomic mass is 10.2. The molecule has 0 bridgehead atoms. The number of nitrogens with one attached hydrogen (secondary N) is 1. The van der Waals surface area contributed by atoms with Gasteiger partial charge in [0.05, 0.1) is 5.69 Å². The van der Waals surface area contributed by atoms with E-state index in [-0.39, 0.29) is 0 Å². The number of anilines is 2. The third-order valence-electron chi connectivity index (χ3n) is 2.24. The number of benzene rings is 1. The Morgan fingerprint density at radius 1 is 1.29 bits per heavy atom. The highest BCUT2D eigenvalue weighted by atomic mass is 79.9. The number of nitrogens with zero attached hydrogens (tertiary/aromatic N) is 1. The van der Waals surface area contributed by atoms with Gasteiger partial charge in [0.25, 0.3) is 0 Å². The van der Waals surface area contributed by atoms with Crippen molar-refractivity contribution in [2.75, 3.05) is 11.1 Å². The number of rotatable bonds is 3. The fourth-order valence-electron chi connectivity index (χ4n) is 1.42. The molecule has 0 saturated heterocycles. The molecular formula is C12H11BrClN3. The van der Waals surface area contributed by atoms with E-state index in [0.717, 1.165) is 10.0 Å². The minimum Gasteiger partial charge on any atom is -0.396 e. The van der Waals surface area contributed by atoms with Crippen LogP contribution >= 0.6 is 27.5 Å². The molecule has 0 atom stereocenters. The minimum atomic E-state index is 0.427. The summed E-state index contributed by atoms with van der Waals surface area (Å²) in [6.07, 6.45) is 0. The fourth-order valence-corrected chi connectivity index (χ4v) is 2.01. The summed E-state index contributed by atoms with van der Waals surface area (Å²) in [7, 11) is 0. The van der Waals surface area contributed by atoms with Crippen molar-refractivity contribution in [3.63, 3.8) is 0 Å². The van der Waals surface area contributed by atoms with Crippen LogP contribution in [-0.2, 0) is 6.54 Å². The normalized spacial score (nSPS) is 10.2. The largest absolute Gasteiger partial charge is 0.396 e. The van der Waals surface area contributed by atoms with Crippen LogP contribution in [0.3, 0.4) is 0 Å². The number of nitrogen functional groups attached to an aromatic ring is 1. The minimum absolute atomic E-state index is 0.427. The van der Waals surface area contributed by atoms with Gasteiger partial charge in [0.1, 0.15) is 5.15 Å². The fraction of sp³-hybridized carbons (Fsp3) is 0.0833. The number of pyridine rings is 1. The third kappa shape index (κ3) is 3.35. The maximum absolute atomic E-state index is 5.81. The van der Waals surface area contributed by atoms with Gasteiger partial charge in [0.2, 0.25) is 0 Å². The average Bonchev–Trinajstić information content (AvgIpc) is 2.30. The van der Waals surface area contributed by atoms with Crippen LogP contribution in [0.4, 0.5) is 11.5 Å². The molecule has 0 saturated carbocycles. The van der Waals surface area contributed by atoms with Crippen LogP contribution in [0.5, 0.6) is 0 Å². The second-order valence-electron chi connectivity index (χ2n) is 3.56. The van der Waals surface area contributed by atoms with Crippen LogP contribution < -0.4 is 11.1 Å². The summed E-state index contributed by atoms with van der Waals surface area (Å²) in [6, 6.07) is 11.4. The van der Waals surface area contributed by atoms with Gasteiger partial charge in [0.15, 0.2) is 5.82 Å². The predicted molar refractivity (Wildman–Crippen MR) is 75.1 cm³/mol.